The summed E-state index contributed by atoms with van der Waals surface area (Å²) in [6.07, 6.45) is 6.19. The van der Waals surface area contributed by atoms with Crippen LogP contribution in [0.1, 0.15) is 30.8 Å². The molecule has 108 valence electrons. The van der Waals surface area contributed by atoms with E-state index in [1.54, 1.807) is 13.3 Å². The summed E-state index contributed by atoms with van der Waals surface area (Å²) < 4.78 is 8.07. The van der Waals surface area contributed by atoms with Crippen LogP contribution in [0.15, 0.2) is 10.9 Å². The maximum atomic E-state index is 5.44. The molecular weight excluding hydrogens is 286 g/mol. The summed E-state index contributed by atoms with van der Waals surface area (Å²) >= 11 is 5.44. The molecule has 4 heterocycles. The zero-order chi connectivity index (χ0) is 14.4. The Balaban J connectivity index is 2.12. The monoisotopic (exact) mass is 301 g/mol. The first-order valence-electron chi connectivity index (χ1n) is 7.15. The van der Waals surface area contributed by atoms with Crippen molar-refractivity contribution >= 4 is 23.3 Å². The second kappa shape index (κ2) is 4.77. The second-order valence-corrected chi connectivity index (χ2v) is 5.74. The molecule has 0 amide bonds. The van der Waals surface area contributed by atoms with E-state index in [0.717, 1.165) is 36.0 Å². The minimum atomic E-state index is 0.569. The van der Waals surface area contributed by atoms with Crippen molar-refractivity contribution in [2.45, 2.75) is 39.2 Å². The molecule has 1 aliphatic heterocycles. The average molecular weight is 301 g/mol. The van der Waals surface area contributed by atoms with Crippen LogP contribution in [-0.2, 0) is 13.0 Å². The third-order valence-corrected chi connectivity index (χ3v) is 4.31. The summed E-state index contributed by atoms with van der Waals surface area (Å²) in [6, 6.07) is 0. The van der Waals surface area contributed by atoms with Gasteiger partial charge in [-0.2, -0.15) is 4.98 Å². The van der Waals surface area contributed by atoms with Crippen molar-refractivity contribution in [3.63, 3.8) is 0 Å². The van der Waals surface area contributed by atoms with Crippen LogP contribution >= 0.6 is 12.2 Å². The molecule has 0 fully saturated rings. The van der Waals surface area contributed by atoms with Gasteiger partial charge < -0.3 is 14.1 Å². The Morgan fingerprint density at radius 3 is 3.05 bits per heavy atom. The Morgan fingerprint density at radius 1 is 1.33 bits per heavy atom. The van der Waals surface area contributed by atoms with Crippen LogP contribution in [0.2, 0.25) is 0 Å². The van der Waals surface area contributed by atoms with Crippen molar-refractivity contribution in [3.05, 3.63) is 22.6 Å². The van der Waals surface area contributed by atoms with Gasteiger partial charge in [0.25, 0.3) is 0 Å². The number of hydrogen-bond donors (Lipinski definition) is 1. The standard InChI is InChI=1S/C14H15N5OS/c1-8-17-13(18-20-8)10-9-5-3-2-4-6-19(9)12-11(10)15-7-16-14(12)21/h7H,2-6H2,1H3,(H,15,16,21). The molecule has 0 bridgehead atoms. The lowest BCUT2D eigenvalue weighted by Crippen LogP contribution is -2.01. The van der Waals surface area contributed by atoms with Gasteiger partial charge in [-0.1, -0.05) is 23.8 Å². The van der Waals surface area contributed by atoms with E-state index in [2.05, 4.69) is 24.7 Å². The summed E-state index contributed by atoms with van der Waals surface area (Å²) in [5.74, 6) is 1.20. The zero-order valence-corrected chi connectivity index (χ0v) is 12.5. The molecule has 1 N–H and O–H groups in total. The van der Waals surface area contributed by atoms with Gasteiger partial charge in [-0.25, -0.2) is 4.98 Å². The number of H-pyrrole nitrogens is 1. The zero-order valence-electron chi connectivity index (χ0n) is 11.7. The molecule has 7 heteroatoms. The van der Waals surface area contributed by atoms with E-state index in [4.69, 9.17) is 16.7 Å². The Morgan fingerprint density at radius 2 is 2.24 bits per heavy atom. The van der Waals surface area contributed by atoms with Crippen LogP contribution in [0.25, 0.3) is 22.4 Å². The van der Waals surface area contributed by atoms with Gasteiger partial charge in [0.15, 0.2) is 4.64 Å². The van der Waals surface area contributed by atoms with Crippen molar-refractivity contribution in [1.29, 1.82) is 0 Å². The number of aryl methyl sites for hydroxylation is 2. The van der Waals surface area contributed by atoms with Crippen molar-refractivity contribution in [1.82, 2.24) is 24.7 Å². The number of nitrogens with zero attached hydrogens (tertiary/aromatic N) is 4. The number of aromatic amines is 1. The maximum absolute atomic E-state index is 5.44. The highest BCUT2D eigenvalue weighted by atomic mass is 32.1. The predicted molar refractivity (Wildman–Crippen MR) is 80.5 cm³/mol. The van der Waals surface area contributed by atoms with E-state index in [1.807, 2.05) is 0 Å². The SMILES string of the molecule is Cc1nc(-c2c3n(c4c(=S)nc[nH]c24)CCCCC3)no1. The van der Waals surface area contributed by atoms with Crippen LogP contribution in [0.3, 0.4) is 0 Å². The molecule has 6 nitrogen and oxygen atoms in total. The third-order valence-electron chi connectivity index (χ3n) is 4.01. The molecule has 0 saturated heterocycles. The molecule has 0 aromatic carbocycles. The van der Waals surface area contributed by atoms with Crippen LogP contribution in [0, 0.1) is 11.6 Å². The largest absolute Gasteiger partial charge is 0.344 e. The van der Waals surface area contributed by atoms with Crippen LogP contribution in [0.5, 0.6) is 0 Å². The van der Waals surface area contributed by atoms with Gasteiger partial charge in [0, 0.05) is 19.2 Å². The summed E-state index contributed by atoms with van der Waals surface area (Å²) in [7, 11) is 0. The van der Waals surface area contributed by atoms with Gasteiger partial charge in [-0.15, -0.1) is 0 Å². The predicted octanol–water partition coefficient (Wildman–Crippen LogP) is 3.18. The third kappa shape index (κ3) is 1.91. The summed E-state index contributed by atoms with van der Waals surface area (Å²) in [6.45, 7) is 2.77. The second-order valence-electron chi connectivity index (χ2n) is 5.35. The fourth-order valence-corrected chi connectivity index (χ4v) is 3.40. The van der Waals surface area contributed by atoms with Gasteiger partial charge >= 0.3 is 0 Å². The van der Waals surface area contributed by atoms with Gasteiger partial charge in [-0.3, -0.25) is 0 Å². The molecule has 0 unspecified atom stereocenters. The summed E-state index contributed by atoms with van der Waals surface area (Å²) in [5.41, 5.74) is 4.20. The molecule has 0 atom stereocenters. The van der Waals surface area contributed by atoms with Gasteiger partial charge in [0.05, 0.1) is 17.4 Å². The molecule has 0 radical (unpaired) electrons. The fourth-order valence-electron chi connectivity index (χ4n) is 3.13. The Labute approximate surface area is 126 Å². The molecule has 3 aromatic heterocycles. The average Bonchev–Trinajstić information content (AvgIpc) is 2.92. The van der Waals surface area contributed by atoms with Crippen LogP contribution < -0.4 is 0 Å². The summed E-state index contributed by atoms with van der Waals surface area (Å²) in [4.78, 5) is 11.9. The van der Waals surface area contributed by atoms with Crippen molar-refractivity contribution < 1.29 is 4.52 Å². The van der Waals surface area contributed by atoms with Gasteiger partial charge in [-0.05, 0) is 19.3 Å². The highest BCUT2D eigenvalue weighted by Crippen LogP contribution is 2.35. The number of nitrogens with one attached hydrogen (secondary N) is 1. The molecule has 0 aliphatic carbocycles. The first-order chi connectivity index (χ1) is 10.3. The Kier molecular flexibility index (Phi) is 2.88. The smallest absolute Gasteiger partial charge is 0.223 e. The van der Waals surface area contributed by atoms with E-state index >= 15 is 0 Å². The lowest BCUT2D eigenvalue weighted by atomic mass is 10.1. The highest BCUT2D eigenvalue weighted by molar-refractivity contribution is 7.71. The molecule has 1 aliphatic rings. The van der Waals surface area contributed by atoms with Gasteiger partial charge in [0.2, 0.25) is 11.7 Å². The van der Waals surface area contributed by atoms with Crippen LogP contribution in [0.4, 0.5) is 0 Å². The van der Waals surface area contributed by atoms with E-state index < -0.39 is 0 Å². The fraction of sp³-hybridized carbons (Fsp3) is 0.429. The normalized spacial score (nSPS) is 15.1. The Bertz CT molecular complexity index is 875. The topological polar surface area (TPSA) is 72.5 Å². The number of aromatic nitrogens is 5. The van der Waals surface area contributed by atoms with Crippen molar-refractivity contribution in [2.75, 3.05) is 0 Å². The number of hydrogen-bond acceptors (Lipinski definition) is 5. The van der Waals surface area contributed by atoms with E-state index in [9.17, 15) is 0 Å². The van der Waals surface area contributed by atoms with Crippen molar-refractivity contribution in [3.8, 4) is 11.4 Å². The number of rotatable bonds is 1. The lowest BCUT2D eigenvalue weighted by Gasteiger charge is -2.05. The summed E-state index contributed by atoms with van der Waals surface area (Å²) in [5, 5.41) is 4.10. The Hall–Kier alpha value is -2.02. The minimum Gasteiger partial charge on any atom is -0.344 e. The molecule has 3 aromatic rings. The van der Waals surface area contributed by atoms with Gasteiger partial charge in [0.1, 0.15) is 5.52 Å². The molecular formula is C14H15N5OS. The molecule has 0 saturated carbocycles. The molecule has 21 heavy (non-hydrogen) atoms. The van der Waals surface area contributed by atoms with E-state index in [1.165, 1.54) is 18.5 Å². The quantitative estimate of drug-likeness (QED) is 0.699. The van der Waals surface area contributed by atoms with Crippen LogP contribution in [-0.4, -0.2) is 24.7 Å². The highest BCUT2D eigenvalue weighted by Gasteiger charge is 2.24. The molecule has 4 rings (SSSR count). The molecule has 0 spiro atoms. The first kappa shape index (κ1) is 12.7. The van der Waals surface area contributed by atoms with E-state index in [-0.39, 0.29) is 0 Å². The first-order valence-corrected chi connectivity index (χ1v) is 7.56. The lowest BCUT2D eigenvalue weighted by molar-refractivity contribution is 0.394. The minimum absolute atomic E-state index is 0.569. The number of fused-ring (bicyclic) bond motifs is 3. The van der Waals surface area contributed by atoms with E-state index in [0.29, 0.717) is 16.4 Å². The maximum Gasteiger partial charge on any atom is 0.223 e. The van der Waals surface area contributed by atoms with Crippen molar-refractivity contribution in [2.24, 2.45) is 0 Å².